The Morgan fingerprint density at radius 2 is 2.22 bits per heavy atom. The lowest BCUT2D eigenvalue weighted by Crippen LogP contribution is -2.26. The zero-order valence-electron chi connectivity index (χ0n) is 11.5. The minimum atomic E-state index is 0.638. The van der Waals surface area contributed by atoms with E-state index in [2.05, 4.69) is 47.7 Å². The number of benzene rings is 1. The molecule has 2 rings (SSSR count). The van der Waals surface area contributed by atoms with Gasteiger partial charge in [0, 0.05) is 23.2 Å². The van der Waals surface area contributed by atoms with Gasteiger partial charge >= 0.3 is 0 Å². The van der Waals surface area contributed by atoms with Crippen LogP contribution in [-0.2, 0) is 0 Å². The van der Waals surface area contributed by atoms with Crippen LogP contribution in [0.4, 0.5) is 5.69 Å². The third-order valence-electron chi connectivity index (χ3n) is 3.71. The van der Waals surface area contributed by atoms with Gasteiger partial charge in [0.25, 0.3) is 0 Å². The number of thioether (sulfide) groups is 1. The summed E-state index contributed by atoms with van der Waals surface area (Å²) in [6.45, 7) is 5.94. The Hall–Kier alpha value is -0.670. The molecule has 0 bridgehead atoms. The first-order valence-electron chi connectivity index (χ1n) is 6.94. The molecule has 1 aromatic carbocycles. The maximum atomic E-state index is 3.70. The van der Waals surface area contributed by atoms with E-state index in [4.69, 9.17) is 0 Å². The van der Waals surface area contributed by atoms with E-state index in [1.807, 2.05) is 0 Å². The van der Waals surface area contributed by atoms with Crippen LogP contribution in [0.1, 0.15) is 26.2 Å². The lowest BCUT2D eigenvalue weighted by molar-refractivity contribution is 0.300. The van der Waals surface area contributed by atoms with Gasteiger partial charge < -0.3 is 10.2 Å². The fourth-order valence-corrected chi connectivity index (χ4v) is 3.02. The van der Waals surface area contributed by atoms with Gasteiger partial charge in [-0.25, -0.2) is 0 Å². The lowest BCUT2D eigenvalue weighted by Gasteiger charge is -2.19. The zero-order valence-corrected chi connectivity index (χ0v) is 12.3. The van der Waals surface area contributed by atoms with Crippen LogP contribution in [0.15, 0.2) is 29.2 Å². The number of rotatable bonds is 4. The van der Waals surface area contributed by atoms with E-state index < -0.39 is 0 Å². The van der Waals surface area contributed by atoms with Gasteiger partial charge in [-0.05, 0) is 56.8 Å². The fraction of sp³-hybridized carbons (Fsp3) is 0.600. The summed E-state index contributed by atoms with van der Waals surface area (Å²) in [5, 5.41) is 3.70. The lowest BCUT2D eigenvalue weighted by atomic mass is 10.1. The summed E-state index contributed by atoms with van der Waals surface area (Å²) in [4.78, 5) is 3.89. The summed E-state index contributed by atoms with van der Waals surface area (Å²) in [7, 11) is 0. The van der Waals surface area contributed by atoms with Gasteiger partial charge in [0.2, 0.25) is 0 Å². The summed E-state index contributed by atoms with van der Waals surface area (Å²) >= 11 is 1.80. The summed E-state index contributed by atoms with van der Waals surface area (Å²) in [5.41, 5.74) is 1.27. The molecule has 18 heavy (non-hydrogen) atoms. The Morgan fingerprint density at radius 3 is 3.00 bits per heavy atom. The van der Waals surface area contributed by atoms with Crippen LogP contribution in [0.5, 0.6) is 0 Å². The molecule has 0 aliphatic carbocycles. The second-order valence-corrected chi connectivity index (χ2v) is 5.82. The van der Waals surface area contributed by atoms with Crippen molar-refractivity contribution in [2.75, 3.05) is 31.2 Å². The molecule has 1 saturated heterocycles. The highest BCUT2D eigenvalue weighted by molar-refractivity contribution is 7.98. The number of nitrogens with zero attached hydrogens (tertiary/aromatic N) is 1. The van der Waals surface area contributed by atoms with E-state index in [-0.39, 0.29) is 0 Å². The van der Waals surface area contributed by atoms with Gasteiger partial charge in [0.05, 0.1) is 0 Å². The normalized spacial score (nSPS) is 21.6. The van der Waals surface area contributed by atoms with E-state index in [1.165, 1.54) is 49.5 Å². The molecule has 1 fully saturated rings. The molecule has 1 heterocycles. The monoisotopic (exact) mass is 264 g/mol. The predicted octanol–water partition coefficient (Wildman–Crippen LogP) is 3.69. The van der Waals surface area contributed by atoms with E-state index in [0.717, 1.165) is 0 Å². The van der Waals surface area contributed by atoms with Crippen LogP contribution in [0, 0.1) is 0 Å². The quantitative estimate of drug-likeness (QED) is 0.835. The van der Waals surface area contributed by atoms with E-state index in [0.29, 0.717) is 6.04 Å². The average molecular weight is 264 g/mol. The minimum absolute atomic E-state index is 0.638. The first-order chi connectivity index (χ1) is 8.81. The molecule has 100 valence electrons. The Bertz CT molecular complexity index is 367. The molecule has 1 N–H and O–H groups in total. The Labute approximate surface area is 115 Å². The average Bonchev–Trinajstić information content (AvgIpc) is 2.64. The third-order valence-corrected chi connectivity index (χ3v) is 4.43. The second kappa shape index (κ2) is 7.05. The summed E-state index contributed by atoms with van der Waals surface area (Å²) in [6.07, 6.45) is 5.99. The highest BCUT2D eigenvalue weighted by Gasteiger charge is 2.15. The molecule has 1 aliphatic rings. The van der Waals surface area contributed by atoms with Crippen molar-refractivity contribution in [3.05, 3.63) is 24.3 Å². The maximum absolute atomic E-state index is 3.70. The number of nitrogens with one attached hydrogen (secondary N) is 1. The van der Waals surface area contributed by atoms with Crippen molar-refractivity contribution in [1.82, 2.24) is 4.90 Å². The topological polar surface area (TPSA) is 15.3 Å². The smallest absolute Gasteiger partial charge is 0.0353 e. The molecule has 0 radical (unpaired) electrons. The number of hydrogen-bond acceptors (Lipinski definition) is 3. The summed E-state index contributed by atoms with van der Waals surface area (Å²) in [5.74, 6) is 0. The Kier molecular flexibility index (Phi) is 5.39. The summed E-state index contributed by atoms with van der Waals surface area (Å²) < 4.78 is 0. The predicted molar refractivity (Wildman–Crippen MR) is 81.6 cm³/mol. The van der Waals surface area contributed by atoms with Gasteiger partial charge in [-0.3, -0.25) is 0 Å². The van der Waals surface area contributed by atoms with Gasteiger partial charge in [-0.2, -0.15) is 0 Å². The van der Waals surface area contributed by atoms with Crippen LogP contribution in [0.3, 0.4) is 0 Å². The van der Waals surface area contributed by atoms with Crippen molar-refractivity contribution in [2.24, 2.45) is 0 Å². The molecule has 0 saturated carbocycles. The van der Waals surface area contributed by atoms with Crippen molar-refractivity contribution in [2.45, 2.75) is 37.1 Å². The van der Waals surface area contributed by atoms with Crippen LogP contribution in [0.2, 0.25) is 0 Å². The molecule has 0 amide bonds. The van der Waals surface area contributed by atoms with Gasteiger partial charge in [-0.1, -0.05) is 13.0 Å². The first-order valence-corrected chi connectivity index (χ1v) is 8.17. The number of likely N-dealkylation sites (tertiary alicyclic amines) is 1. The highest BCUT2D eigenvalue weighted by Crippen LogP contribution is 2.21. The molecule has 3 heteroatoms. The summed E-state index contributed by atoms with van der Waals surface area (Å²) in [6, 6.07) is 9.39. The standard InChI is InChI=1S/C15H24N2S/c1-3-17-10-5-7-13(9-11-17)16-14-6-4-8-15(12-14)18-2/h4,6,8,12-13,16H,3,5,7,9-11H2,1-2H3. The van der Waals surface area contributed by atoms with E-state index in [9.17, 15) is 0 Å². The number of hydrogen-bond donors (Lipinski definition) is 1. The van der Waals surface area contributed by atoms with Crippen molar-refractivity contribution in [3.63, 3.8) is 0 Å². The van der Waals surface area contributed by atoms with Crippen LogP contribution >= 0.6 is 11.8 Å². The van der Waals surface area contributed by atoms with Gasteiger partial charge in [0.1, 0.15) is 0 Å². The van der Waals surface area contributed by atoms with Crippen LogP contribution in [0.25, 0.3) is 0 Å². The largest absolute Gasteiger partial charge is 0.382 e. The van der Waals surface area contributed by atoms with E-state index >= 15 is 0 Å². The molecular weight excluding hydrogens is 240 g/mol. The second-order valence-electron chi connectivity index (χ2n) is 4.94. The van der Waals surface area contributed by atoms with E-state index in [1.54, 1.807) is 11.8 Å². The van der Waals surface area contributed by atoms with Gasteiger partial charge in [0.15, 0.2) is 0 Å². The first kappa shape index (κ1) is 13.8. The third kappa shape index (κ3) is 3.92. The Morgan fingerprint density at radius 1 is 1.33 bits per heavy atom. The molecule has 1 unspecified atom stereocenters. The van der Waals surface area contributed by atoms with Crippen molar-refractivity contribution in [3.8, 4) is 0 Å². The maximum Gasteiger partial charge on any atom is 0.0353 e. The van der Waals surface area contributed by atoms with Crippen LogP contribution in [-0.4, -0.2) is 36.8 Å². The fourth-order valence-electron chi connectivity index (χ4n) is 2.56. The van der Waals surface area contributed by atoms with Crippen molar-refractivity contribution >= 4 is 17.4 Å². The highest BCUT2D eigenvalue weighted by atomic mass is 32.2. The molecule has 1 atom stereocenters. The molecular formula is C15H24N2S. The minimum Gasteiger partial charge on any atom is -0.382 e. The zero-order chi connectivity index (χ0) is 12.8. The molecule has 0 spiro atoms. The molecule has 0 aromatic heterocycles. The Balaban J connectivity index is 1.92. The molecule has 1 aliphatic heterocycles. The number of anilines is 1. The van der Waals surface area contributed by atoms with Crippen LogP contribution < -0.4 is 5.32 Å². The van der Waals surface area contributed by atoms with Crippen molar-refractivity contribution in [1.29, 1.82) is 0 Å². The SMILES string of the molecule is CCN1CCCC(Nc2cccc(SC)c2)CC1. The van der Waals surface area contributed by atoms with Gasteiger partial charge in [-0.15, -0.1) is 11.8 Å². The molecule has 1 aromatic rings. The van der Waals surface area contributed by atoms with Crippen molar-refractivity contribution < 1.29 is 0 Å². The molecule has 2 nitrogen and oxygen atoms in total.